The number of rotatable bonds is 4. The first-order chi connectivity index (χ1) is 8.31. The van der Waals surface area contributed by atoms with E-state index in [0.717, 1.165) is 11.3 Å². The molecule has 0 aliphatic carbocycles. The molecule has 0 unspecified atom stereocenters. The Morgan fingerprint density at radius 3 is 2.65 bits per heavy atom. The van der Waals surface area contributed by atoms with Crippen molar-refractivity contribution in [1.82, 2.24) is 4.98 Å². The van der Waals surface area contributed by atoms with E-state index in [2.05, 4.69) is 35.5 Å². The van der Waals surface area contributed by atoms with Crippen molar-refractivity contribution in [3.63, 3.8) is 0 Å². The maximum atomic E-state index is 5.64. The van der Waals surface area contributed by atoms with Gasteiger partial charge >= 0.3 is 0 Å². The topological polar surface area (TPSA) is 26.0 Å². The zero-order valence-electron chi connectivity index (χ0n) is 9.39. The molecule has 88 valence electrons. The number of benzene rings is 1. The van der Waals surface area contributed by atoms with Crippen molar-refractivity contribution >= 4 is 35.5 Å². The number of thioether (sulfide) groups is 1. The summed E-state index contributed by atoms with van der Waals surface area (Å²) in [6.07, 6.45) is 7.44. The maximum absolute atomic E-state index is 5.64. The van der Waals surface area contributed by atoms with Gasteiger partial charge in [0, 0.05) is 11.0 Å². The van der Waals surface area contributed by atoms with Gasteiger partial charge in [-0.3, -0.25) is 0 Å². The highest BCUT2D eigenvalue weighted by molar-refractivity contribution is 7.98. The molecule has 0 saturated heterocycles. The van der Waals surface area contributed by atoms with Crippen molar-refractivity contribution in [3.05, 3.63) is 47.7 Å². The zero-order chi connectivity index (χ0) is 12.1. The lowest BCUT2D eigenvalue weighted by molar-refractivity contribution is 0.546. The predicted octanol–water partition coefficient (Wildman–Crippen LogP) is 4.31. The van der Waals surface area contributed by atoms with E-state index in [1.807, 2.05) is 12.2 Å². The lowest BCUT2D eigenvalue weighted by Crippen LogP contribution is -1.77. The van der Waals surface area contributed by atoms with Crippen LogP contribution in [0.15, 0.2) is 39.8 Å². The third-order valence-corrected chi connectivity index (χ3v) is 3.26. The minimum absolute atomic E-state index is 0.375. The molecule has 0 radical (unpaired) electrons. The Bertz CT molecular complexity index is 504. The van der Waals surface area contributed by atoms with Crippen LogP contribution in [0, 0.1) is 0 Å². The number of aromatic nitrogens is 1. The highest BCUT2D eigenvalue weighted by atomic mass is 35.5. The lowest BCUT2D eigenvalue weighted by atomic mass is 10.2. The minimum atomic E-state index is 0.375. The van der Waals surface area contributed by atoms with E-state index in [-0.39, 0.29) is 0 Å². The van der Waals surface area contributed by atoms with Gasteiger partial charge in [0.25, 0.3) is 0 Å². The predicted molar refractivity (Wildman–Crippen MR) is 73.2 cm³/mol. The summed E-state index contributed by atoms with van der Waals surface area (Å²) in [6.45, 7) is 0. The molecule has 0 saturated carbocycles. The van der Waals surface area contributed by atoms with Gasteiger partial charge < -0.3 is 4.42 Å². The normalized spacial score (nSPS) is 11.2. The lowest BCUT2D eigenvalue weighted by Gasteiger charge is -1.96. The third-order valence-electron chi connectivity index (χ3n) is 2.24. The van der Waals surface area contributed by atoms with Crippen molar-refractivity contribution in [3.8, 4) is 0 Å². The Hall–Kier alpha value is -1.19. The van der Waals surface area contributed by atoms with E-state index in [1.165, 1.54) is 4.90 Å². The summed E-state index contributed by atoms with van der Waals surface area (Å²) in [5, 5.41) is 0. The monoisotopic (exact) mass is 265 g/mol. The highest BCUT2D eigenvalue weighted by Gasteiger charge is 1.98. The fourth-order valence-electron chi connectivity index (χ4n) is 1.34. The molecule has 0 fully saturated rings. The first-order valence-corrected chi connectivity index (χ1v) is 6.90. The minimum Gasteiger partial charge on any atom is -0.445 e. The zero-order valence-corrected chi connectivity index (χ0v) is 11.0. The summed E-state index contributed by atoms with van der Waals surface area (Å²) in [6, 6.07) is 8.30. The second-order valence-corrected chi connectivity index (χ2v) is 4.56. The van der Waals surface area contributed by atoms with E-state index in [1.54, 1.807) is 18.0 Å². The molecule has 0 N–H and O–H groups in total. The van der Waals surface area contributed by atoms with Crippen LogP contribution in [0.25, 0.3) is 12.2 Å². The maximum Gasteiger partial charge on any atom is 0.218 e. The van der Waals surface area contributed by atoms with Gasteiger partial charge in [-0.15, -0.1) is 23.4 Å². The van der Waals surface area contributed by atoms with Gasteiger partial charge in [-0.25, -0.2) is 4.98 Å². The summed E-state index contributed by atoms with van der Waals surface area (Å²) in [5.41, 5.74) is 1.87. The number of nitrogens with zero attached hydrogens (tertiary/aromatic N) is 1. The molecule has 2 nitrogen and oxygen atoms in total. The van der Waals surface area contributed by atoms with Crippen LogP contribution in [-0.4, -0.2) is 11.2 Å². The van der Waals surface area contributed by atoms with E-state index in [4.69, 9.17) is 16.0 Å². The Kier molecular flexibility index (Phi) is 4.29. The number of halogens is 1. The molecule has 1 aromatic heterocycles. The van der Waals surface area contributed by atoms with Crippen LogP contribution in [0.5, 0.6) is 0 Å². The van der Waals surface area contributed by atoms with Gasteiger partial charge in [-0.1, -0.05) is 12.1 Å². The molecular formula is C13H12ClNOS. The van der Waals surface area contributed by atoms with Crippen LogP contribution in [0.3, 0.4) is 0 Å². The molecular weight excluding hydrogens is 254 g/mol. The summed E-state index contributed by atoms with van der Waals surface area (Å²) in [4.78, 5) is 5.44. The molecule has 0 aliphatic heterocycles. The van der Waals surface area contributed by atoms with Gasteiger partial charge in [0.1, 0.15) is 6.26 Å². The van der Waals surface area contributed by atoms with E-state index >= 15 is 0 Å². The molecule has 4 heteroatoms. The molecule has 0 aliphatic rings. The number of hydrogen-bond donors (Lipinski definition) is 0. The molecule has 2 rings (SSSR count). The first-order valence-electron chi connectivity index (χ1n) is 5.14. The smallest absolute Gasteiger partial charge is 0.218 e. The Labute approximate surface area is 110 Å². The SMILES string of the molecule is CSc1ccc(/C=C/c2nc(CCl)co2)cc1. The Balaban J connectivity index is 2.08. The third kappa shape index (κ3) is 3.38. The number of oxazole rings is 1. The van der Waals surface area contributed by atoms with Crippen molar-refractivity contribution in [1.29, 1.82) is 0 Å². The van der Waals surface area contributed by atoms with Crippen LogP contribution in [0.2, 0.25) is 0 Å². The quantitative estimate of drug-likeness (QED) is 0.609. The van der Waals surface area contributed by atoms with Crippen LogP contribution in [-0.2, 0) is 5.88 Å². The summed E-state index contributed by atoms with van der Waals surface area (Å²) in [5.74, 6) is 0.953. The molecule has 2 aromatic rings. The van der Waals surface area contributed by atoms with Crippen LogP contribution >= 0.6 is 23.4 Å². The van der Waals surface area contributed by atoms with Crippen LogP contribution in [0.1, 0.15) is 17.1 Å². The molecule has 17 heavy (non-hydrogen) atoms. The average Bonchev–Trinajstić information content (AvgIpc) is 2.85. The van der Waals surface area contributed by atoms with E-state index in [9.17, 15) is 0 Å². The van der Waals surface area contributed by atoms with Crippen molar-refractivity contribution in [2.24, 2.45) is 0 Å². The average molecular weight is 266 g/mol. The number of hydrogen-bond acceptors (Lipinski definition) is 3. The molecule has 0 atom stereocenters. The molecule has 1 heterocycles. The second kappa shape index (κ2) is 5.94. The van der Waals surface area contributed by atoms with Gasteiger partial charge in [-0.2, -0.15) is 0 Å². The van der Waals surface area contributed by atoms with Crippen molar-refractivity contribution < 1.29 is 4.42 Å². The summed E-state index contributed by atoms with van der Waals surface area (Å²) < 4.78 is 5.24. The molecule has 1 aromatic carbocycles. The van der Waals surface area contributed by atoms with Gasteiger partial charge in [0.05, 0.1) is 11.6 Å². The van der Waals surface area contributed by atoms with Gasteiger partial charge in [0.15, 0.2) is 0 Å². The molecule has 0 spiro atoms. The summed E-state index contributed by atoms with van der Waals surface area (Å²) >= 11 is 7.37. The summed E-state index contributed by atoms with van der Waals surface area (Å²) in [7, 11) is 0. The molecule has 0 amide bonds. The molecule has 0 bridgehead atoms. The van der Waals surface area contributed by atoms with Gasteiger partial charge in [-0.05, 0) is 30.0 Å². The Morgan fingerprint density at radius 1 is 1.29 bits per heavy atom. The number of alkyl halides is 1. The first kappa shape index (κ1) is 12.3. The second-order valence-electron chi connectivity index (χ2n) is 3.42. The highest BCUT2D eigenvalue weighted by Crippen LogP contribution is 2.16. The standard InChI is InChI=1S/C13H12ClNOS/c1-17-12-5-2-10(3-6-12)4-7-13-15-11(8-14)9-16-13/h2-7,9H,8H2,1H3/b7-4+. The van der Waals surface area contributed by atoms with E-state index in [0.29, 0.717) is 11.8 Å². The van der Waals surface area contributed by atoms with E-state index < -0.39 is 0 Å². The Morgan fingerprint density at radius 2 is 2.06 bits per heavy atom. The fraction of sp³-hybridized carbons (Fsp3) is 0.154. The van der Waals surface area contributed by atoms with Crippen LogP contribution in [0.4, 0.5) is 0 Å². The van der Waals surface area contributed by atoms with Gasteiger partial charge in [0.2, 0.25) is 5.89 Å². The van der Waals surface area contributed by atoms with Crippen molar-refractivity contribution in [2.45, 2.75) is 10.8 Å². The van der Waals surface area contributed by atoms with Crippen LogP contribution < -0.4 is 0 Å². The largest absolute Gasteiger partial charge is 0.445 e. The van der Waals surface area contributed by atoms with Crippen molar-refractivity contribution in [2.75, 3.05) is 6.26 Å². The fourth-order valence-corrected chi connectivity index (χ4v) is 1.87.